The average molecular weight is 370 g/mol. The lowest BCUT2D eigenvalue weighted by Crippen LogP contribution is -2.45. The summed E-state index contributed by atoms with van der Waals surface area (Å²) >= 11 is 2.63. The maximum atomic E-state index is 12.5. The van der Waals surface area contributed by atoms with Crippen LogP contribution in [0.1, 0.15) is 18.9 Å². The van der Waals surface area contributed by atoms with Gasteiger partial charge in [0.05, 0.1) is 5.92 Å². The lowest BCUT2D eigenvalue weighted by Gasteiger charge is -2.20. The van der Waals surface area contributed by atoms with E-state index in [-0.39, 0.29) is 11.0 Å². The van der Waals surface area contributed by atoms with Gasteiger partial charge >= 0.3 is 5.97 Å². The Kier molecular flexibility index (Phi) is 9.56. The number of carboxylic acid groups (broad SMARTS) is 1. The van der Waals surface area contributed by atoms with Gasteiger partial charge in [-0.05, 0) is 30.4 Å². The first-order valence-corrected chi connectivity index (χ1v) is 10.0. The molecule has 2 atom stereocenters. The van der Waals surface area contributed by atoms with Crippen LogP contribution < -0.4 is 5.32 Å². The standard InChI is InChI=1S/C17H23NO4S2/c1-12(19)24-11-14(10-13-6-4-3-5-7-13)16(20)18-15(17(21)22)8-9-23-2/h3-7,14-15H,8-11H2,1-2H3,(H,18,20)(H,21,22)/t14?,15-/m1/s1. The Morgan fingerprint density at radius 2 is 1.88 bits per heavy atom. The number of carbonyl (C=O) groups excluding carboxylic acids is 2. The molecule has 2 N–H and O–H groups in total. The van der Waals surface area contributed by atoms with Crippen molar-refractivity contribution in [2.45, 2.75) is 25.8 Å². The van der Waals surface area contributed by atoms with Gasteiger partial charge in [0, 0.05) is 12.7 Å². The van der Waals surface area contributed by atoms with Crippen LogP contribution in [0.3, 0.4) is 0 Å². The fourth-order valence-corrected chi connectivity index (χ4v) is 3.30. The van der Waals surface area contributed by atoms with Gasteiger partial charge in [-0.3, -0.25) is 9.59 Å². The molecule has 1 rings (SSSR count). The lowest BCUT2D eigenvalue weighted by molar-refractivity contribution is -0.142. The molecule has 0 bridgehead atoms. The summed E-state index contributed by atoms with van der Waals surface area (Å²) in [5, 5.41) is 11.8. The first-order chi connectivity index (χ1) is 11.4. The third kappa shape index (κ3) is 7.88. The smallest absolute Gasteiger partial charge is 0.326 e. The molecule has 0 aliphatic carbocycles. The third-order valence-electron chi connectivity index (χ3n) is 3.41. The Balaban J connectivity index is 2.77. The molecule has 1 aromatic rings. The molecule has 1 amide bonds. The van der Waals surface area contributed by atoms with E-state index in [0.29, 0.717) is 24.3 Å². The van der Waals surface area contributed by atoms with Crippen molar-refractivity contribution in [1.29, 1.82) is 0 Å². The number of amides is 1. The van der Waals surface area contributed by atoms with E-state index < -0.39 is 17.9 Å². The number of nitrogens with one attached hydrogen (secondary N) is 1. The highest BCUT2D eigenvalue weighted by molar-refractivity contribution is 8.13. The molecule has 1 unspecified atom stereocenters. The van der Waals surface area contributed by atoms with Gasteiger partial charge < -0.3 is 10.4 Å². The quantitative estimate of drug-likeness (QED) is 0.659. The van der Waals surface area contributed by atoms with Crippen LogP contribution in [0.5, 0.6) is 0 Å². The molecule has 0 saturated carbocycles. The number of rotatable bonds is 10. The summed E-state index contributed by atoms with van der Waals surface area (Å²) in [7, 11) is 0. The van der Waals surface area contributed by atoms with E-state index in [1.54, 1.807) is 0 Å². The maximum Gasteiger partial charge on any atom is 0.326 e. The summed E-state index contributed by atoms with van der Waals surface area (Å²) in [6, 6.07) is 8.61. The van der Waals surface area contributed by atoms with Crippen LogP contribution in [0, 0.1) is 5.92 Å². The zero-order valence-corrected chi connectivity index (χ0v) is 15.5. The number of carboxylic acids is 1. The summed E-state index contributed by atoms with van der Waals surface area (Å²) < 4.78 is 0. The van der Waals surface area contributed by atoms with Crippen molar-refractivity contribution in [1.82, 2.24) is 5.32 Å². The summed E-state index contributed by atoms with van der Waals surface area (Å²) in [4.78, 5) is 35.1. The molecular weight excluding hydrogens is 346 g/mol. The second kappa shape index (κ2) is 11.1. The van der Waals surface area contributed by atoms with E-state index in [9.17, 15) is 19.5 Å². The minimum absolute atomic E-state index is 0.0574. The number of thioether (sulfide) groups is 2. The van der Waals surface area contributed by atoms with E-state index in [1.165, 1.54) is 18.7 Å². The zero-order chi connectivity index (χ0) is 17.9. The molecule has 0 fully saturated rings. The lowest BCUT2D eigenvalue weighted by atomic mass is 9.99. The Morgan fingerprint density at radius 1 is 1.21 bits per heavy atom. The van der Waals surface area contributed by atoms with E-state index >= 15 is 0 Å². The summed E-state index contributed by atoms with van der Waals surface area (Å²) in [5.74, 6) is -0.804. The molecule has 5 nitrogen and oxygen atoms in total. The summed E-state index contributed by atoms with van der Waals surface area (Å²) in [5.41, 5.74) is 0.984. The van der Waals surface area contributed by atoms with Gasteiger partial charge in [-0.15, -0.1) is 0 Å². The topological polar surface area (TPSA) is 83.5 Å². The first kappa shape index (κ1) is 20.6. The van der Waals surface area contributed by atoms with Gasteiger partial charge in [-0.25, -0.2) is 4.79 Å². The van der Waals surface area contributed by atoms with Crippen LogP contribution >= 0.6 is 23.5 Å². The van der Waals surface area contributed by atoms with E-state index in [1.807, 2.05) is 36.6 Å². The molecule has 0 radical (unpaired) electrons. The predicted octanol–water partition coefficient (Wildman–Crippen LogP) is 2.45. The fraction of sp³-hybridized carbons (Fsp3) is 0.471. The van der Waals surface area contributed by atoms with Crippen molar-refractivity contribution in [2.75, 3.05) is 17.8 Å². The molecule has 24 heavy (non-hydrogen) atoms. The fourth-order valence-electron chi connectivity index (χ4n) is 2.13. The van der Waals surface area contributed by atoms with E-state index in [4.69, 9.17) is 0 Å². The van der Waals surface area contributed by atoms with E-state index in [2.05, 4.69) is 5.32 Å². The van der Waals surface area contributed by atoms with Crippen molar-refractivity contribution in [3.8, 4) is 0 Å². The average Bonchev–Trinajstić information content (AvgIpc) is 2.55. The minimum Gasteiger partial charge on any atom is -0.480 e. The van der Waals surface area contributed by atoms with Gasteiger partial charge in [0.15, 0.2) is 5.12 Å². The van der Waals surface area contributed by atoms with Gasteiger partial charge in [0.25, 0.3) is 0 Å². The maximum absolute atomic E-state index is 12.5. The highest BCUT2D eigenvalue weighted by Crippen LogP contribution is 2.16. The van der Waals surface area contributed by atoms with Crippen LogP contribution in [0.25, 0.3) is 0 Å². The zero-order valence-electron chi connectivity index (χ0n) is 13.9. The predicted molar refractivity (Wildman–Crippen MR) is 99.3 cm³/mol. The first-order valence-electron chi connectivity index (χ1n) is 7.63. The Morgan fingerprint density at radius 3 is 2.42 bits per heavy atom. The molecule has 1 aromatic carbocycles. The Bertz CT molecular complexity index is 551. The molecule has 0 aromatic heterocycles. The number of benzene rings is 1. The Labute approximate surface area is 151 Å². The second-order valence-corrected chi connectivity index (χ2v) is 7.55. The van der Waals surface area contributed by atoms with Gasteiger partial charge in [0.2, 0.25) is 5.91 Å². The Hall–Kier alpha value is -1.47. The van der Waals surface area contributed by atoms with Gasteiger partial charge in [0.1, 0.15) is 6.04 Å². The monoisotopic (exact) mass is 369 g/mol. The van der Waals surface area contributed by atoms with Crippen molar-refractivity contribution >= 4 is 40.5 Å². The molecule has 7 heteroatoms. The van der Waals surface area contributed by atoms with Crippen LogP contribution in [-0.2, 0) is 20.8 Å². The second-order valence-electron chi connectivity index (χ2n) is 5.37. The van der Waals surface area contributed by atoms with Crippen molar-refractivity contribution in [3.05, 3.63) is 35.9 Å². The SMILES string of the molecule is CSCC[C@@H](NC(=O)C(CSC(C)=O)Cc1ccccc1)C(=O)O. The summed E-state index contributed by atoms with van der Waals surface area (Å²) in [6.45, 7) is 1.46. The van der Waals surface area contributed by atoms with Crippen LogP contribution in [-0.4, -0.2) is 45.9 Å². The minimum atomic E-state index is -1.03. The number of hydrogen-bond acceptors (Lipinski definition) is 5. The van der Waals surface area contributed by atoms with Crippen LogP contribution in [0.15, 0.2) is 30.3 Å². The number of hydrogen-bond donors (Lipinski definition) is 2. The van der Waals surface area contributed by atoms with Crippen LogP contribution in [0.4, 0.5) is 0 Å². The molecule has 0 saturated heterocycles. The largest absolute Gasteiger partial charge is 0.480 e. The van der Waals surface area contributed by atoms with E-state index in [0.717, 1.165) is 17.3 Å². The van der Waals surface area contributed by atoms with Gasteiger partial charge in [-0.2, -0.15) is 11.8 Å². The van der Waals surface area contributed by atoms with Crippen LogP contribution in [0.2, 0.25) is 0 Å². The third-order valence-corrected chi connectivity index (χ3v) is 5.03. The molecule has 0 spiro atoms. The van der Waals surface area contributed by atoms with Crippen molar-refractivity contribution in [2.24, 2.45) is 5.92 Å². The molecule has 0 aliphatic heterocycles. The molecule has 0 aliphatic rings. The van der Waals surface area contributed by atoms with Crippen molar-refractivity contribution < 1.29 is 19.5 Å². The molecule has 132 valence electrons. The highest BCUT2D eigenvalue weighted by Gasteiger charge is 2.25. The van der Waals surface area contributed by atoms with Crippen molar-refractivity contribution in [3.63, 3.8) is 0 Å². The molecular formula is C17H23NO4S2. The molecule has 0 heterocycles. The highest BCUT2D eigenvalue weighted by atomic mass is 32.2. The normalized spacial score (nSPS) is 13.1. The number of carbonyl (C=O) groups is 3. The van der Waals surface area contributed by atoms with Gasteiger partial charge in [-0.1, -0.05) is 42.1 Å². The number of aliphatic carboxylic acids is 1. The summed E-state index contributed by atoms with van der Waals surface area (Å²) in [6.07, 6.45) is 2.74.